The van der Waals surface area contributed by atoms with E-state index in [2.05, 4.69) is 10.6 Å². The Morgan fingerprint density at radius 2 is 1.81 bits per heavy atom. The van der Waals surface area contributed by atoms with Gasteiger partial charge in [-0.15, -0.1) is 12.4 Å². The van der Waals surface area contributed by atoms with E-state index in [0.29, 0.717) is 37.2 Å². The first-order chi connectivity index (χ1) is 11.8. The number of benzene rings is 1. The Hall–Kier alpha value is -1.72. The molecule has 0 spiro atoms. The van der Waals surface area contributed by atoms with Gasteiger partial charge in [0.15, 0.2) is 0 Å². The van der Waals surface area contributed by atoms with Crippen molar-refractivity contribution in [3.8, 4) is 0 Å². The van der Waals surface area contributed by atoms with Crippen LogP contribution < -0.4 is 21.5 Å². The highest BCUT2D eigenvalue weighted by molar-refractivity contribution is 7.86. The minimum atomic E-state index is -3.72. The fraction of sp³-hybridized carbons (Fsp3) is 0.467. The zero-order chi connectivity index (χ0) is 18.4. The highest BCUT2D eigenvalue weighted by Gasteiger charge is 2.29. The molecular weight excluding hydrogens is 382 g/mol. The number of hydrogen-bond acceptors (Lipinski definition) is 5. The van der Waals surface area contributed by atoms with E-state index < -0.39 is 10.2 Å². The Morgan fingerprint density at radius 3 is 2.38 bits per heavy atom. The molecule has 0 atom stereocenters. The molecule has 2 rings (SSSR count). The summed E-state index contributed by atoms with van der Waals surface area (Å²) in [5, 5.41) is 10.5. The summed E-state index contributed by atoms with van der Waals surface area (Å²) in [5.41, 5.74) is 6.14. The monoisotopic (exact) mass is 405 g/mol. The van der Waals surface area contributed by atoms with Gasteiger partial charge in [0.1, 0.15) is 0 Å². The molecule has 0 bridgehead atoms. The maximum atomic E-state index is 12.5. The molecule has 9 nitrogen and oxygen atoms in total. The van der Waals surface area contributed by atoms with E-state index in [0.717, 1.165) is 4.31 Å². The van der Waals surface area contributed by atoms with Gasteiger partial charge >= 0.3 is 0 Å². The average Bonchev–Trinajstić information content (AvgIpc) is 2.59. The minimum Gasteiger partial charge on any atom is -0.351 e. The number of carbonyl (C=O) groups is 2. The largest absolute Gasteiger partial charge is 0.351 e. The van der Waals surface area contributed by atoms with Gasteiger partial charge in [0.05, 0.1) is 11.3 Å². The Kier molecular flexibility index (Phi) is 8.44. The highest BCUT2D eigenvalue weighted by Crippen LogP contribution is 2.22. The zero-order valence-corrected chi connectivity index (χ0v) is 15.8. The van der Waals surface area contributed by atoms with Gasteiger partial charge in [-0.3, -0.25) is 9.59 Å². The summed E-state index contributed by atoms with van der Waals surface area (Å²) in [5.74, 6) is -0.892. The molecule has 1 aromatic rings. The molecule has 2 amide bonds. The van der Waals surface area contributed by atoms with Gasteiger partial charge in [-0.2, -0.15) is 12.7 Å². The van der Waals surface area contributed by atoms with E-state index in [1.54, 1.807) is 24.3 Å². The maximum absolute atomic E-state index is 12.5. The van der Waals surface area contributed by atoms with Gasteiger partial charge in [0, 0.05) is 32.1 Å². The molecule has 0 aromatic heterocycles. The lowest BCUT2D eigenvalue weighted by atomic mass is 9.97. The molecule has 1 fully saturated rings. The second kappa shape index (κ2) is 9.83. The smallest absolute Gasteiger partial charge is 0.276 e. The Bertz CT molecular complexity index is 735. The van der Waals surface area contributed by atoms with Gasteiger partial charge in [-0.1, -0.05) is 12.1 Å². The summed E-state index contributed by atoms with van der Waals surface area (Å²) in [4.78, 5) is 24.6. The fourth-order valence-electron chi connectivity index (χ4n) is 2.68. The number of hydrogen-bond donors (Lipinski definition) is 4. The van der Waals surface area contributed by atoms with Crippen LogP contribution in [0.3, 0.4) is 0 Å². The van der Waals surface area contributed by atoms with Crippen LogP contribution in [0.1, 0.15) is 23.2 Å². The van der Waals surface area contributed by atoms with Gasteiger partial charge in [0.25, 0.3) is 16.1 Å². The van der Waals surface area contributed by atoms with Crippen molar-refractivity contribution in [2.45, 2.75) is 12.8 Å². The van der Waals surface area contributed by atoms with Crippen molar-refractivity contribution in [2.75, 3.05) is 31.5 Å². The first kappa shape index (κ1) is 22.3. The van der Waals surface area contributed by atoms with Gasteiger partial charge in [-0.25, -0.2) is 5.14 Å². The van der Waals surface area contributed by atoms with Crippen molar-refractivity contribution in [1.29, 1.82) is 0 Å². The Labute approximate surface area is 159 Å². The SMILES string of the molecule is Cl.NCCNC(=O)c1ccccc1NC(=O)C1CCN(S(N)(=O)=O)CC1. The van der Waals surface area contributed by atoms with Crippen LogP contribution in [-0.4, -0.2) is 50.7 Å². The topological polar surface area (TPSA) is 148 Å². The molecule has 1 saturated heterocycles. The van der Waals surface area contributed by atoms with Crippen molar-refractivity contribution < 1.29 is 18.0 Å². The lowest BCUT2D eigenvalue weighted by Gasteiger charge is -2.29. The van der Waals surface area contributed by atoms with Crippen LogP contribution in [-0.2, 0) is 15.0 Å². The van der Waals surface area contributed by atoms with Crippen molar-refractivity contribution in [3.05, 3.63) is 29.8 Å². The number of carbonyl (C=O) groups excluding carboxylic acids is 2. The minimum absolute atomic E-state index is 0. The van der Waals surface area contributed by atoms with Gasteiger partial charge < -0.3 is 16.4 Å². The summed E-state index contributed by atoms with van der Waals surface area (Å²) < 4.78 is 23.8. The summed E-state index contributed by atoms with van der Waals surface area (Å²) in [6, 6.07) is 6.69. The lowest BCUT2D eigenvalue weighted by Crippen LogP contribution is -2.44. The molecule has 0 aliphatic carbocycles. The molecule has 0 radical (unpaired) electrons. The number of nitrogens with one attached hydrogen (secondary N) is 2. The molecule has 26 heavy (non-hydrogen) atoms. The van der Waals surface area contributed by atoms with Crippen LogP contribution in [0.4, 0.5) is 5.69 Å². The standard InChI is InChI=1S/C15H23N5O4S.ClH/c16-7-8-18-15(22)12-3-1-2-4-13(12)19-14(21)11-5-9-20(10-6-11)25(17,23)24;/h1-4,11H,5-10,16H2,(H,18,22)(H,19,21)(H2,17,23,24);1H. The molecule has 1 aromatic carbocycles. The number of rotatable bonds is 6. The number of amides is 2. The summed E-state index contributed by atoms with van der Waals surface area (Å²) in [6.07, 6.45) is 0.758. The van der Waals surface area contributed by atoms with Gasteiger partial charge in [0.2, 0.25) is 5.91 Å². The van der Waals surface area contributed by atoms with Crippen molar-refractivity contribution >= 4 is 40.1 Å². The van der Waals surface area contributed by atoms with Crippen LogP contribution in [0, 0.1) is 5.92 Å². The van der Waals surface area contributed by atoms with Crippen LogP contribution in [0.15, 0.2) is 24.3 Å². The van der Waals surface area contributed by atoms with Crippen LogP contribution in [0.2, 0.25) is 0 Å². The summed E-state index contributed by atoms with van der Waals surface area (Å²) >= 11 is 0. The number of anilines is 1. The van der Waals surface area contributed by atoms with E-state index in [-0.39, 0.29) is 43.2 Å². The Morgan fingerprint density at radius 1 is 1.19 bits per heavy atom. The third-order valence-electron chi connectivity index (χ3n) is 4.04. The number of halogens is 1. The molecular formula is C15H24ClN5O4S. The maximum Gasteiger partial charge on any atom is 0.276 e. The Balaban J connectivity index is 0.00000338. The second-order valence-electron chi connectivity index (χ2n) is 5.80. The summed E-state index contributed by atoms with van der Waals surface area (Å²) in [7, 11) is -3.72. The normalized spacial score (nSPS) is 15.8. The number of piperidine rings is 1. The van der Waals surface area contributed by atoms with Crippen LogP contribution >= 0.6 is 12.4 Å². The van der Waals surface area contributed by atoms with Crippen molar-refractivity contribution in [2.24, 2.45) is 16.8 Å². The third-order valence-corrected chi connectivity index (χ3v) is 5.13. The number of nitrogens with zero attached hydrogens (tertiary/aromatic N) is 1. The molecule has 1 aliphatic heterocycles. The molecule has 1 aliphatic rings. The van der Waals surface area contributed by atoms with Crippen LogP contribution in [0.25, 0.3) is 0 Å². The molecule has 6 N–H and O–H groups in total. The van der Waals surface area contributed by atoms with Crippen LogP contribution in [0.5, 0.6) is 0 Å². The van der Waals surface area contributed by atoms with E-state index in [1.807, 2.05) is 0 Å². The first-order valence-corrected chi connectivity index (χ1v) is 9.49. The third kappa shape index (κ3) is 5.92. The molecule has 11 heteroatoms. The molecule has 146 valence electrons. The zero-order valence-electron chi connectivity index (χ0n) is 14.2. The van der Waals surface area contributed by atoms with E-state index in [1.165, 1.54) is 0 Å². The summed E-state index contributed by atoms with van der Waals surface area (Å²) in [6.45, 7) is 1.07. The van der Waals surface area contributed by atoms with E-state index >= 15 is 0 Å². The number of para-hydroxylation sites is 1. The number of nitrogens with two attached hydrogens (primary N) is 2. The van der Waals surface area contributed by atoms with Crippen molar-refractivity contribution in [1.82, 2.24) is 9.62 Å². The molecule has 1 heterocycles. The second-order valence-corrected chi connectivity index (χ2v) is 7.34. The average molecular weight is 406 g/mol. The fourth-order valence-corrected chi connectivity index (χ4v) is 3.40. The predicted octanol–water partition coefficient (Wildman–Crippen LogP) is -0.349. The van der Waals surface area contributed by atoms with E-state index in [4.69, 9.17) is 10.9 Å². The predicted molar refractivity (Wildman–Crippen MR) is 101 cm³/mol. The molecule has 0 saturated carbocycles. The quantitative estimate of drug-likeness (QED) is 0.510. The highest BCUT2D eigenvalue weighted by atomic mass is 35.5. The van der Waals surface area contributed by atoms with Gasteiger partial charge in [-0.05, 0) is 25.0 Å². The van der Waals surface area contributed by atoms with Crippen molar-refractivity contribution in [3.63, 3.8) is 0 Å². The lowest BCUT2D eigenvalue weighted by molar-refractivity contribution is -0.120. The molecule has 0 unspecified atom stereocenters. The first-order valence-electron chi connectivity index (χ1n) is 7.99. The van der Waals surface area contributed by atoms with E-state index in [9.17, 15) is 18.0 Å².